The number of hydrogen-bond donors (Lipinski definition) is 1. The Hall–Kier alpha value is -2.57. The van der Waals surface area contributed by atoms with Gasteiger partial charge in [0.05, 0.1) is 5.56 Å². The number of halogens is 4. The van der Waals surface area contributed by atoms with Crippen LogP contribution < -0.4 is 4.74 Å². The predicted octanol–water partition coefficient (Wildman–Crippen LogP) is 3.94. The zero-order chi connectivity index (χ0) is 16.3. The van der Waals surface area contributed by atoms with Crippen LogP contribution in [0, 0.1) is 5.82 Å². The van der Waals surface area contributed by atoms with Crippen molar-refractivity contribution >= 4 is 6.29 Å². The molecule has 0 unspecified atom stereocenters. The summed E-state index contributed by atoms with van der Waals surface area (Å²) in [7, 11) is 0. The minimum Gasteiger partial charge on any atom is -0.507 e. The van der Waals surface area contributed by atoms with Crippen molar-refractivity contribution in [1.29, 1.82) is 0 Å². The fraction of sp³-hybridized carbons (Fsp3) is 0.133. The Kier molecular flexibility index (Phi) is 4.35. The fourth-order valence-corrected chi connectivity index (χ4v) is 1.76. The molecule has 0 atom stereocenters. The van der Waals surface area contributed by atoms with Crippen LogP contribution in [0.3, 0.4) is 0 Å². The van der Waals surface area contributed by atoms with Crippen molar-refractivity contribution in [1.82, 2.24) is 0 Å². The number of carbonyl (C=O) groups is 1. The van der Waals surface area contributed by atoms with Gasteiger partial charge in [0.2, 0.25) is 0 Å². The summed E-state index contributed by atoms with van der Waals surface area (Å²) in [5.74, 6) is -1.88. The summed E-state index contributed by atoms with van der Waals surface area (Å²) in [4.78, 5) is 10.6. The molecule has 0 heterocycles. The second-order valence-corrected chi connectivity index (χ2v) is 4.45. The Morgan fingerprint density at radius 3 is 2.50 bits per heavy atom. The Morgan fingerprint density at radius 1 is 1.14 bits per heavy atom. The monoisotopic (exact) mass is 314 g/mol. The quantitative estimate of drug-likeness (QED) is 0.687. The summed E-state index contributed by atoms with van der Waals surface area (Å²) in [6.07, 6.45) is -4.21. The van der Waals surface area contributed by atoms with Crippen molar-refractivity contribution in [2.45, 2.75) is 12.8 Å². The van der Waals surface area contributed by atoms with Gasteiger partial charge in [-0.05, 0) is 35.9 Å². The topological polar surface area (TPSA) is 46.5 Å². The number of rotatable bonds is 4. The van der Waals surface area contributed by atoms with Gasteiger partial charge in [-0.1, -0.05) is 6.07 Å². The third kappa shape index (κ3) is 3.55. The predicted molar refractivity (Wildman–Crippen MR) is 69.2 cm³/mol. The van der Waals surface area contributed by atoms with Crippen LogP contribution in [-0.2, 0) is 12.8 Å². The molecule has 2 rings (SSSR count). The van der Waals surface area contributed by atoms with E-state index >= 15 is 0 Å². The molecule has 0 spiro atoms. The van der Waals surface area contributed by atoms with Gasteiger partial charge in [-0.15, -0.1) is 0 Å². The molecule has 0 bridgehead atoms. The summed E-state index contributed by atoms with van der Waals surface area (Å²) >= 11 is 0. The summed E-state index contributed by atoms with van der Waals surface area (Å²) in [6.45, 7) is -0.345. The maximum absolute atomic E-state index is 13.5. The smallest absolute Gasteiger partial charge is 0.419 e. The van der Waals surface area contributed by atoms with Crippen LogP contribution in [0.25, 0.3) is 0 Å². The van der Waals surface area contributed by atoms with Crippen LogP contribution in [0.4, 0.5) is 17.6 Å². The second-order valence-electron chi connectivity index (χ2n) is 4.45. The Morgan fingerprint density at radius 2 is 1.86 bits per heavy atom. The molecule has 0 saturated heterocycles. The summed E-state index contributed by atoms with van der Waals surface area (Å²) in [5.41, 5.74) is -0.921. The van der Waals surface area contributed by atoms with Crippen molar-refractivity contribution < 1.29 is 32.2 Å². The highest BCUT2D eigenvalue weighted by Crippen LogP contribution is 2.36. The molecule has 0 aliphatic heterocycles. The number of phenolic OH excluding ortho intramolecular Hbond substituents is 1. The number of benzene rings is 2. The molecule has 0 radical (unpaired) electrons. The molecule has 0 aliphatic rings. The number of aromatic hydroxyl groups is 1. The van der Waals surface area contributed by atoms with Gasteiger partial charge >= 0.3 is 6.18 Å². The fourth-order valence-electron chi connectivity index (χ4n) is 1.76. The van der Waals surface area contributed by atoms with Gasteiger partial charge < -0.3 is 9.84 Å². The van der Waals surface area contributed by atoms with Gasteiger partial charge in [0.15, 0.2) is 11.6 Å². The van der Waals surface area contributed by atoms with E-state index in [4.69, 9.17) is 4.74 Å². The highest BCUT2D eigenvalue weighted by atomic mass is 19.4. The van der Waals surface area contributed by atoms with Crippen LogP contribution in [0.5, 0.6) is 11.5 Å². The van der Waals surface area contributed by atoms with Crippen LogP contribution >= 0.6 is 0 Å². The van der Waals surface area contributed by atoms with Gasteiger partial charge in [-0.3, -0.25) is 4.79 Å². The lowest BCUT2D eigenvalue weighted by atomic mass is 10.1. The summed E-state index contributed by atoms with van der Waals surface area (Å²) < 4.78 is 56.5. The van der Waals surface area contributed by atoms with Gasteiger partial charge in [0.25, 0.3) is 0 Å². The molecule has 1 N–H and O–H groups in total. The molecule has 3 nitrogen and oxygen atoms in total. The van der Waals surface area contributed by atoms with Gasteiger partial charge in [0, 0.05) is 5.56 Å². The molecule has 0 saturated carbocycles. The van der Waals surface area contributed by atoms with Crippen molar-refractivity contribution in [2.24, 2.45) is 0 Å². The van der Waals surface area contributed by atoms with E-state index < -0.39 is 23.3 Å². The average molecular weight is 314 g/mol. The Labute approximate surface area is 122 Å². The molecule has 22 heavy (non-hydrogen) atoms. The lowest BCUT2D eigenvalue weighted by Crippen LogP contribution is -2.07. The number of alkyl halides is 3. The molecular weight excluding hydrogens is 304 g/mol. The molecule has 0 fully saturated rings. The van der Waals surface area contributed by atoms with E-state index in [2.05, 4.69) is 0 Å². The first-order chi connectivity index (χ1) is 10.3. The molecule has 2 aromatic rings. The molecule has 0 aliphatic carbocycles. The highest BCUT2D eigenvalue weighted by Gasteiger charge is 2.34. The maximum atomic E-state index is 13.5. The lowest BCUT2D eigenvalue weighted by molar-refractivity contribution is -0.138. The standard InChI is InChI=1S/C15H10F4O3/c16-12-3-1-9(7-20)6-14(12)22-8-10-2-4-13(21)11(5-10)15(17,18)19/h1-7,21H,8H2. The first-order valence-corrected chi connectivity index (χ1v) is 6.08. The SMILES string of the molecule is O=Cc1ccc(F)c(OCc2ccc(O)c(C(F)(F)F)c2)c1. The molecule has 0 aromatic heterocycles. The number of carbonyl (C=O) groups excluding carboxylic acids is 1. The van der Waals surface area contributed by atoms with E-state index in [9.17, 15) is 27.5 Å². The van der Waals surface area contributed by atoms with E-state index in [-0.39, 0.29) is 23.5 Å². The van der Waals surface area contributed by atoms with Crippen LogP contribution in [0.2, 0.25) is 0 Å². The minimum atomic E-state index is -4.71. The van der Waals surface area contributed by atoms with Crippen molar-refractivity contribution in [2.75, 3.05) is 0 Å². The van der Waals surface area contributed by atoms with E-state index in [0.717, 1.165) is 24.3 Å². The largest absolute Gasteiger partial charge is 0.507 e. The van der Waals surface area contributed by atoms with E-state index in [1.54, 1.807) is 0 Å². The molecular formula is C15H10F4O3. The van der Waals surface area contributed by atoms with E-state index in [0.29, 0.717) is 6.29 Å². The number of ether oxygens (including phenoxy) is 1. The normalized spacial score (nSPS) is 11.3. The number of aldehydes is 1. The Bertz CT molecular complexity index is 696. The van der Waals surface area contributed by atoms with Gasteiger partial charge in [-0.25, -0.2) is 4.39 Å². The minimum absolute atomic E-state index is 0.0982. The van der Waals surface area contributed by atoms with Crippen molar-refractivity contribution in [3.8, 4) is 11.5 Å². The zero-order valence-electron chi connectivity index (χ0n) is 11.0. The molecule has 7 heteroatoms. The van der Waals surface area contributed by atoms with Crippen molar-refractivity contribution in [3.05, 3.63) is 58.9 Å². The highest BCUT2D eigenvalue weighted by molar-refractivity contribution is 5.75. The first-order valence-electron chi connectivity index (χ1n) is 6.08. The third-order valence-corrected chi connectivity index (χ3v) is 2.85. The van der Waals surface area contributed by atoms with Crippen LogP contribution in [0.15, 0.2) is 36.4 Å². The maximum Gasteiger partial charge on any atom is 0.419 e. The molecule has 116 valence electrons. The summed E-state index contributed by atoms with van der Waals surface area (Å²) in [5, 5.41) is 9.21. The third-order valence-electron chi connectivity index (χ3n) is 2.85. The van der Waals surface area contributed by atoms with Gasteiger partial charge in [0.1, 0.15) is 18.6 Å². The first kappa shape index (κ1) is 15.8. The zero-order valence-corrected chi connectivity index (χ0v) is 11.0. The summed E-state index contributed by atoms with van der Waals surface area (Å²) in [6, 6.07) is 6.25. The number of hydrogen-bond acceptors (Lipinski definition) is 3. The molecule has 0 amide bonds. The van der Waals surface area contributed by atoms with Crippen LogP contribution in [0.1, 0.15) is 21.5 Å². The Balaban J connectivity index is 2.20. The lowest BCUT2D eigenvalue weighted by Gasteiger charge is -2.12. The molecule has 2 aromatic carbocycles. The van der Waals surface area contributed by atoms with E-state index in [1.807, 2.05) is 0 Å². The van der Waals surface area contributed by atoms with E-state index in [1.165, 1.54) is 12.1 Å². The van der Waals surface area contributed by atoms with Crippen LogP contribution in [-0.4, -0.2) is 11.4 Å². The second kappa shape index (κ2) is 6.05. The van der Waals surface area contributed by atoms with Crippen molar-refractivity contribution in [3.63, 3.8) is 0 Å². The van der Waals surface area contributed by atoms with Gasteiger partial charge in [-0.2, -0.15) is 13.2 Å². The number of phenols is 1. The average Bonchev–Trinajstić information content (AvgIpc) is 2.46.